The fourth-order valence-corrected chi connectivity index (χ4v) is 2.75. The maximum atomic E-state index is 12.3. The van der Waals surface area contributed by atoms with E-state index < -0.39 is 0 Å². The first-order valence-electron chi connectivity index (χ1n) is 6.91. The Morgan fingerprint density at radius 3 is 2.33 bits per heavy atom. The number of halogens is 1. The van der Waals surface area contributed by atoms with Crippen molar-refractivity contribution in [2.75, 3.05) is 6.61 Å². The van der Waals surface area contributed by atoms with Gasteiger partial charge in [-0.2, -0.15) is 0 Å². The first-order valence-corrected chi connectivity index (χ1v) is 7.29. The number of Topliss-reactive ketones (excluding diaryl/α,β-unsaturated/α-hetero) is 1. The van der Waals surface area contributed by atoms with Crippen LogP contribution in [0.15, 0.2) is 36.4 Å². The zero-order valence-corrected chi connectivity index (χ0v) is 13.3. The van der Waals surface area contributed by atoms with Gasteiger partial charge in [-0.25, -0.2) is 0 Å². The van der Waals surface area contributed by atoms with E-state index in [1.54, 1.807) is 0 Å². The van der Waals surface area contributed by atoms with Gasteiger partial charge in [0.1, 0.15) is 6.61 Å². The molecule has 2 nitrogen and oxygen atoms in total. The van der Waals surface area contributed by atoms with E-state index in [4.69, 9.17) is 16.3 Å². The molecule has 0 aromatic heterocycles. The molecule has 0 saturated heterocycles. The third-order valence-corrected chi connectivity index (χ3v) is 3.77. The van der Waals surface area contributed by atoms with E-state index in [1.807, 2.05) is 57.2 Å². The molecule has 2 aromatic carbocycles. The highest BCUT2D eigenvalue weighted by atomic mass is 35.5. The van der Waals surface area contributed by atoms with Crippen LogP contribution in [0.4, 0.5) is 0 Å². The molecule has 0 spiro atoms. The van der Waals surface area contributed by atoms with Crippen molar-refractivity contribution in [2.24, 2.45) is 0 Å². The minimum Gasteiger partial charge on any atom is -0.369 e. The Kier molecular flexibility index (Phi) is 5.16. The van der Waals surface area contributed by atoms with Gasteiger partial charge in [0, 0.05) is 10.6 Å². The average Bonchev–Trinajstić information content (AvgIpc) is 2.39. The van der Waals surface area contributed by atoms with Crippen molar-refractivity contribution >= 4 is 17.4 Å². The van der Waals surface area contributed by atoms with Gasteiger partial charge in [-0.15, -0.1) is 0 Å². The van der Waals surface area contributed by atoms with Gasteiger partial charge in [-0.1, -0.05) is 47.5 Å². The number of hydrogen-bond acceptors (Lipinski definition) is 2. The first-order chi connectivity index (χ1) is 9.99. The molecule has 0 aliphatic rings. The number of ether oxygens (including phenoxy) is 1. The van der Waals surface area contributed by atoms with Gasteiger partial charge in [0.05, 0.1) is 6.61 Å². The van der Waals surface area contributed by atoms with E-state index in [9.17, 15) is 4.79 Å². The lowest BCUT2D eigenvalue weighted by atomic mass is 9.97. The summed E-state index contributed by atoms with van der Waals surface area (Å²) in [7, 11) is 0. The number of hydrogen-bond donors (Lipinski definition) is 0. The van der Waals surface area contributed by atoms with Crippen LogP contribution in [-0.4, -0.2) is 12.4 Å². The lowest BCUT2D eigenvalue weighted by molar-refractivity contribution is 0.0725. The van der Waals surface area contributed by atoms with E-state index >= 15 is 0 Å². The van der Waals surface area contributed by atoms with Gasteiger partial charge < -0.3 is 4.74 Å². The van der Waals surface area contributed by atoms with Gasteiger partial charge in [-0.05, 0) is 43.5 Å². The molecule has 21 heavy (non-hydrogen) atoms. The highest BCUT2D eigenvalue weighted by Crippen LogP contribution is 2.18. The predicted octanol–water partition coefficient (Wildman–Crippen LogP) is 4.66. The maximum Gasteiger partial charge on any atom is 0.189 e. The van der Waals surface area contributed by atoms with Crippen molar-refractivity contribution in [1.82, 2.24) is 0 Å². The van der Waals surface area contributed by atoms with E-state index in [0.29, 0.717) is 11.6 Å². The molecule has 0 aliphatic heterocycles. The fraction of sp³-hybridized carbons (Fsp3) is 0.278. The third kappa shape index (κ3) is 3.93. The number of rotatable bonds is 5. The lowest BCUT2D eigenvalue weighted by Crippen LogP contribution is -2.12. The molecule has 0 saturated carbocycles. The Morgan fingerprint density at radius 1 is 1.10 bits per heavy atom. The largest absolute Gasteiger partial charge is 0.369 e. The summed E-state index contributed by atoms with van der Waals surface area (Å²) in [5.74, 6) is 0.0112. The molecule has 2 rings (SSSR count). The Balaban J connectivity index is 2.01. The average molecular weight is 303 g/mol. The summed E-state index contributed by atoms with van der Waals surface area (Å²) in [5.41, 5.74) is 4.82. The molecule has 0 radical (unpaired) electrons. The highest BCUT2D eigenvalue weighted by Gasteiger charge is 2.13. The summed E-state index contributed by atoms with van der Waals surface area (Å²) in [5, 5.41) is 0.660. The number of carbonyl (C=O) groups excluding carboxylic acids is 1. The van der Waals surface area contributed by atoms with Crippen LogP contribution in [0.1, 0.15) is 32.6 Å². The topological polar surface area (TPSA) is 26.3 Å². The van der Waals surface area contributed by atoms with E-state index in [0.717, 1.165) is 22.3 Å². The molecule has 110 valence electrons. The van der Waals surface area contributed by atoms with Gasteiger partial charge in [0.2, 0.25) is 0 Å². The van der Waals surface area contributed by atoms with Crippen LogP contribution in [0.5, 0.6) is 0 Å². The van der Waals surface area contributed by atoms with Crippen molar-refractivity contribution < 1.29 is 9.53 Å². The van der Waals surface area contributed by atoms with E-state index in [-0.39, 0.29) is 12.4 Å². The zero-order chi connectivity index (χ0) is 15.4. The molecule has 0 heterocycles. The molecule has 3 heteroatoms. The number of ketones is 1. The molecule has 0 unspecified atom stereocenters. The number of benzene rings is 2. The van der Waals surface area contributed by atoms with Gasteiger partial charge in [0.15, 0.2) is 5.78 Å². The molecule has 0 N–H and O–H groups in total. The fourth-order valence-electron chi connectivity index (χ4n) is 2.56. The van der Waals surface area contributed by atoms with Crippen LogP contribution in [0.2, 0.25) is 5.02 Å². The van der Waals surface area contributed by atoms with Crippen molar-refractivity contribution in [3.8, 4) is 0 Å². The maximum absolute atomic E-state index is 12.3. The van der Waals surface area contributed by atoms with Crippen LogP contribution in [0, 0.1) is 20.8 Å². The third-order valence-electron chi connectivity index (χ3n) is 3.40. The Labute approximate surface area is 130 Å². The van der Waals surface area contributed by atoms with Crippen molar-refractivity contribution in [3.63, 3.8) is 0 Å². The van der Waals surface area contributed by atoms with Gasteiger partial charge in [-0.3, -0.25) is 4.79 Å². The molecular weight excluding hydrogens is 284 g/mol. The Bertz CT molecular complexity index is 639. The molecule has 0 bridgehead atoms. The highest BCUT2D eigenvalue weighted by molar-refractivity contribution is 6.31. The SMILES string of the molecule is Cc1cc(C)c(C(=O)COCc2ccccc2Cl)c(C)c1. The monoisotopic (exact) mass is 302 g/mol. The zero-order valence-electron chi connectivity index (χ0n) is 12.6. The summed E-state index contributed by atoms with van der Waals surface area (Å²) in [6.07, 6.45) is 0. The minimum absolute atomic E-state index is 0.0112. The predicted molar refractivity (Wildman–Crippen MR) is 86.1 cm³/mol. The van der Waals surface area contributed by atoms with Crippen LogP contribution in [-0.2, 0) is 11.3 Å². The molecule has 0 amide bonds. The van der Waals surface area contributed by atoms with Crippen LogP contribution >= 0.6 is 11.6 Å². The van der Waals surface area contributed by atoms with Crippen molar-refractivity contribution in [2.45, 2.75) is 27.4 Å². The van der Waals surface area contributed by atoms with Gasteiger partial charge in [0.25, 0.3) is 0 Å². The molecule has 0 aliphatic carbocycles. The lowest BCUT2D eigenvalue weighted by Gasteiger charge is -2.11. The summed E-state index contributed by atoms with van der Waals surface area (Å²) in [6.45, 7) is 6.36. The quantitative estimate of drug-likeness (QED) is 0.751. The minimum atomic E-state index is 0.0112. The van der Waals surface area contributed by atoms with E-state index in [1.165, 1.54) is 5.56 Å². The van der Waals surface area contributed by atoms with Crippen LogP contribution < -0.4 is 0 Å². The second-order valence-corrected chi connectivity index (χ2v) is 5.69. The summed E-state index contributed by atoms with van der Waals surface area (Å²) in [4.78, 5) is 12.3. The molecule has 0 fully saturated rings. The van der Waals surface area contributed by atoms with Crippen LogP contribution in [0.3, 0.4) is 0 Å². The number of aryl methyl sites for hydroxylation is 3. The standard InChI is InChI=1S/C18H19ClO2/c1-12-8-13(2)18(14(3)9-12)17(20)11-21-10-15-6-4-5-7-16(15)19/h4-9H,10-11H2,1-3H3. The molecule has 2 aromatic rings. The molecular formula is C18H19ClO2. The first kappa shape index (κ1) is 15.7. The second-order valence-electron chi connectivity index (χ2n) is 5.28. The smallest absolute Gasteiger partial charge is 0.189 e. The number of carbonyl (C=O) groups is 1. The Morgan fingerprint density at radius 2 is 1.71 bits per heavy atom. The van der Waals surface area contributed by atoms with E-state index in [2.05, 4.69) is 0 Å². The van der Waals surface area contributed by atoms with Crippen molar-refractivity contribution in [1.29, 1.82) is 0 Å². The second kappa shape index (κ2) is 6.88. The summed E-state index contributed by atoms with van der Waals surface area (Å²) < 4.78 is 5.52. The van der Waals surface area contributed by atoms with Crippen molar-refractivity contribution in [3.05, 3.63) is 69.2 Å². The van der Waals surface area contributed by atoms with Gasteiger partial charge >= 0.3 is 0 Å². The summed E-state index contributed by atoms with van der Waals surface area (Å²) in [6, 6.07) is 11.5. The molecule has 0 atom stereocenters. The Hall–Kier alpha value is -1.64. The normalized spacial score (nSPS) is 10.7. The van der Waals surface area contributed by atoms with Crippen LogP contribution in [0.25, 0.3) is 0 Å². The summed E-state index contributed by atoms with van der Waals surface area (Å²) >= 11 is 6.06.